The van der Waals surface area contributed by atoms with Gasteiger partial charge in [-0.2, -0.15) is 0 Å². The minimum absolute atomic E-state index is 0.527. The van der Waals surface area contributed by atoms with Gasteiger partial charge in [-0.25, -0.2) is 4.98 Å². The van der Waals surface area contributed by atoms with E-state index in [2.05, 4.69) is 23.7 Å². The molecular formula is C14H23N3. The molecule has 0 radical (unpaired) electrons. The monoisotopic (exact) mass is 233 g/mol. The van der Waals surface area contributed by atoms with Crippen molar-refractivity contribution in [2.45, 2.75) is 40.0 Å². The Bertz CT molecular complexity index is 392. The van der Waals surface area contributed by atoms with Crippen LogP contribution in [0.4, 0.5) is 11.5 Å². The van der Waals surface area contributed by atoms with Crippen molar-refractivity contribution in [1.82, 2.24) is 4.98 Å². The van der Waals surface area contributed by atoms with Gasteiger partial charge in [-0.05, 0) is 37.3 Å². The van der Waals surface area contributed by atoms with E-state index in [1.165, 1.54) is 19.3 Å². The normalized spacial score (nSPS) is 19.4. The van der Waals surface area contributed by atoms with Crippen LogP contribution in [0.5, 0.6) is 0 Å². The number of anilines is 2. The third-order valence-electron chi connectivity index (χ3n) is 4.26. The number of nitrogens with zero attached hydrogens (tertiary/aromatic N) is 2. The van der Waals surface area contributed by atoms with Crippen LogP contribution >= 0.6 is 0 Å². The summed E-state index contributed by atoms with van der Waals surface area (Å²) in [7, 11) is 0. The summed E-state index contributed by atoms with van der Waals surface area (Å²) >= 11 is 0. The van der Waals surface area contributed by atoms with Crippen molar-refractivity contribution in [2.75, 3.05) is 23.7 Å². The van der Waals surface area contributed by atoms with Crippen molar-refractivity contribution in [3.63, 3.8) is 0 Å². The lowest BCUT2D eigenvalue weighted by molar-refractivity contribution is 0.238. The Balaban J connectivity index is 2.08. The Morgan fingerprint density at radius 3 is 2.53 bits per heavy atom. The van der Waals surface area contributed by atoms with E-state index in [0.29, 0.717) is 5.41 Å². The lowest BCUT2D eigenvalue weighted by Gasteiger charge is -2.39. The number of nitrogen functional groups attached to an aromatic ring is 1. The minimum Gasteiger partial charge on any atom is -0.397 e. The largest absolute Gasteiger partial charge is 0.397 e. The van der Waals surface area contributed by atoms with Gasteiger partial charge in [0.25, 0.3) is 0 Å². The van der Waals surface area contributed by atoms with E-state index in [9.17, 15) is 0 Å². The SMILES string of the molecule is CCC1(C)CCN(c2ccc(N)c(C)n2)CC1. The molecule has 1 aromatic heterocycles. The van der Waals surface area contributed by atoms with Gasteiger partial charge in [-0.15, -0.1) is 0 Å². The molecule has 1 aliphatic heterocycles. The number of aryl methyl sites for hydroxylation is 1. The first-order chi connectivity index (χ1) is 8.04. The van der Waals surface area contributed by atoms with Crippen LogP contribution in [0, 0.1) is 12.3 Å². The first-order valence-electron chi connectivity index (χ1n) is 6.52. The molecule has 0 aliphatic carbocycles. The highest BCUT2D eigenvalue weighted by Crippen LogP contribution is 2.35. The maximum atomic E-state index is 5.80. The lowest BCUT2D eigenvalue weighted by Crippen LogP contribution is -2.38. The third-order valence-corrected chi connectivity index (χ3v) is 4.26. The Morgan fingerprint density at radius 2 is 2.00 bits per heavy atom. The molecule has 94 valence electrons. The van der Waals surface area contributed by atoms with Gasteiger partial charge < -0.3 is 10.6 Å². The zero-order valence-corrected chi connectivity index (χ0v) is 11.2. The van der Waals surface area contributed by atoms with Crippen molar-refractivity contribution in [3.8, 4) is 0 Å². The fourth-order valence-corrected chi connectivity index (χ4v) is 2.36. The van der Waals surface area contributed by atoms with Crippen LogP contribution in [0.15, 0.2) is 12.1 Å². The summed E-state index contributed by atoms with van der Waals surface area (Å²) in [5.74, 6) is 1.08. The molecule has 3 nitrogen and oxygen atoms in total. The molecule has 1 fully saturated rings. The van der Waals surface area contributed by atoms with Crippen molar-refractivity contribution in [2.24, 2.45) is 5.41 Å². The number of nitrogens with two attached hydrogens (primary N) is 1. The topological polar surface area (TPSA) is 42.1 Å². The number of rotatable bonds is 2. The van der Waals surface area contributed by atoms with E-state index in [4.69, 9.17) is 5.73 Å². The molecule has 3 heteroatoms. The second-order valence-electron chi connectivity index (χ2n) is 5.50. The van der Waals surface area contributed by atoms with Crippen LogP contribution in [-0.2, 0) is 0 Å². The van der Waals surface area contributed by atoms with Gasteiger partial charge in [-0.1, -0.05) is 20.3 Å². The number of hydrogen-bond acceptors (Lipinski definition) is 3. The maximum Gasteiger partial charge on any atom is 0.128 e. The van der Waals surface area contributed by atoms with Crippen LogP contribution in [0.3, 0.4) is 0 Å². The van der Waals surface area contributed by atoms with E-state index in [1.54, 1.807) is 0 Å². The Labute approximate surface area is 104 Å². The van der Waals surface area contributed by atoms with Crippen molar-refractivity contribution >= 4 is 11.5 Å². The van der Waals surface area contributed by atoms with E-state index in [-0.39, 0.29) is 0 Å². The number of aromatic nitrogens is 1. The van der Waals surface area contributed by atoms with Crippen LogP contribution in [0.1, 0.15) is 38.8 Å². The highest BCUT2D eigenvalue weighted by Gasteiger charge is 2.28. The van der Waals surface area contributed by atoms with Gasteiger partial charge in [0.05, 0.1) is 11.4 Å². The summed E-state index contributed by atoms with van der Waals surface area (Å²) in [5, 5.41) is 0. The minimum atomic E-state index is 0.527. The fraction of sp³-hybridized carbons (Fsp3) is 0.643. The lowest BCUT2D eigenvalue weighted by atomic mass is 9.78. The molecule has 1 aromatic rings. The van der Waals surface area contributed by atoms with Crippen molar-refractivity contribution in [3.05, 3.63) is 17.8 Å². The van der Waals surface area contributed by atoms with Crippen LogP contribution < -0.4 is 10.6 Å². The average Bonchev–Trinajstić information content (AvgIpc) is 2.34. The van der Waals surface area contributed by atoms with Gasteiger partial charge in [0, 0.05) is 13.1 Å². The summed E-state index contributed by atoms with van der Waals surface area (Å²) in [5.41, 5.74) is 8.05. The summed E-state index contributed by atoms with van der Waals surface area (Å²) in [6.45, 7) is 8.88. The van der Waals surface area contributed by atoms with Gasteiger partial charge in [0.15, 0.2) is 0 Å². The molecule has 0 bridgehead atoms. The van der Waals surface area contributed by atoms with E-state index >= 15 is 0 Å². The first-order valence-corrected chi connectivity index (χ1v) is 6.52. The number of piperidine rings is 1. The average molecular weight is 233 g/mol. The quantitative estimate of drug-likeness (QED) is 0.854. The third kappa shape index (κ3) is 2.54. The first kappa shape index (κ1) is 12.2. The molecule has 0 amide bonds. The van der Waals surface area contributed by atoms with E-state index in [1.807, 2.05) is 19.1 Å². The smallest absolute Gasteiger partial charge is 0.128 e. The Morgan fingerprint density at radius 1 is 1.35 bits per heavy atom. The number of pyridine rings is 1. The fourth-order valence-electron chi connectivity index (χ4n) is 2.36. The highest BCUT2D eigenvalue weighted by molar-refractivity contribution is 5.50. The molecule has 0 aromatic carbocycles. The zero-order chi connectivity index (χ0) is 12.5. The molecule has 2 rings (SSSR count). The van der Waals surface area contributed by atoms with Gasteiger partial charge >= 0.3 is 0 Å². The summed E-state index contributed by atoms with van der Waals surface area (Å²) in [4.78, 5) is 6.95. The summed E-state index contributed by atoms with van der Waals surface area (Å²) < 4.78 is 0. The standard InChI is InChI=1S/C14H23N3/c1-4-14(3)7-9-17(10-8-14)13-6-5-12(15)11(2)16-13/h5-6H,4,7-10,15H2,1-3H3. The molecule has 0 unspecified atom stereocenters. The molecule has 2 heterocycles. The van der Waals surface area contributed by atoms with Crippen molar-refractivity contribution < 1.29 is 0 Å². The molecule has 0 atom stereocenters. The Kier molecular flexibility index (Phi) is 3.27. The molecule has 1 aliphatic rings. The van der Waals surface area contributed by atoms with Crippen LogP contribution in [0.2, 0.25) is 0 Å². The van der Waals surface area contributed by atoms with E-state index in [0.717, 1.165) is 30.3 Å². The zero-order valence-electron chi connectivity index (χ0n) is 11.2. The molecule has 2 N–H and O–H groups in total. The predicted octanol–water partition coefficient (Wildman–Crippen LogP) is 2.99. The summed E-state index contributed by atoms with van der Waals surface area (Å²) in [6.07, 6.45) is 3.79. The van der Waals surface area contributed by atoms with Gasteiger partial charge in [0.2, 0.25) is 0 Å². The van der Waals surface area contributed by atoms with Crippen LogP contribution in [0.25, 0.3) is 0 Å². The molecule has 0 spiro atoms. The Hall–Kier alpha value is -1.25. The predicted molar refractivity (Wildman–Crippen MR) is 73.2 cm³/mol. The highest BCUT2D eigenvalue weighted by atomic mass is 15.2. The van der Waals surface area contributed by atoms with Crippen LogP contribution in [-0.4, -0.2) is 18.1 Å². The molecular weight excluding hydrogens is 210 g/mol. The summed E-state index contributed by atoms with van der Waals surface area (Å²) in [6, 6.07) is 4.00. The maximum absolute atomic E-state index is 5.80. The second-order valence-corrected chi connectivity index (χ2v) is 5.50. The molecule has 0 saturated carbocycles. The van der Waals surface area contributed by atoms with E-state index < -0.39 is 0 Å². The van der Waals surface area contributed by atoms with Crippen molar-refractivity contribution in [1.29, 1.82) is 0 Å². The van der Waals surface area contributed by atoms with Gasteiger partial charge in [0.1, 0.15) is 5.82 Å². The second kappa shape index (κ2) is 4.55. The molecule has 17 heavy (non-hydrogen) atoms. The van der Waals surface area contributed by atoms with Gasteiger partial charge in [-0.3, -0.25) is 0 Å². The molecule has 1 saturated heterocycles. The number of hydrogen-bond donors (Lipinski definition) is 1.